The first-order valence-electron chi connectivity index (χ1n) is 6.83. The van der Waals surface area contributed by atoms with Crippen molar-refractivity contribution in [2.45, 2.75) is 39.5 Å². The third-order valence-electron chi connectivity index (χ3n) is 3.00. The number of carbonyl (C=O) groups excluding carboxylic acids is 1. The highest BCUT2D eigenvalue weighted by atomic mass is 28.2. The molecule has 0 atom stereocenters. The second-order valence-electron chi connectivity index (χ2n) is 5.26. The SMILES string of the molecule is C=CCCCc1ccccc1[SiH2]C(=O)CC(C)C. The summed E-state index contributed by atoms with van der Waals surface area (Å²) >= 11 is 0. The van der Waals surface area contributed by atoms with Crippen LogP contribution in [0.3, 0.4) is 0 Å². The molecule has 18 heavy (non-hydrogen) atoms. The maximum atomic E-state index is 12.0. The molecule has 0 heterocycles. The molecule has 1 aromatic rings. The quantitative estimate of drug-likeness (QED) is 0.399. The number of carbonyl (C=O) groups is 1. The van der Waals surface area contributed by atoms with Gasteiger partial charge in [0.05, 0.1) is 0 Å². The highest BCUT2D eigenvalue weighted by Gasteiger charge is 2.09. The van der Waals surface area contributed by atoms with Crippen molar-refractivity contribution >= 4 is 20.1 Å². The lowest BCUT2D eigenvalue weighted by Crippen LogP contribution is -2.27. The zero-order chi connectivity index (χ0) is 13.4. The number of hydrogen-bond acceptors (Lipinski definition) is 1. The summed E-state index contributed by atoms with van der Waals surface area (Å²) in [4.78, 5) is 12.0. The zero-order valence-electron chi connectivity index (χ0n) is 11.6. The lowest BCUT2D eigenvalue weighted by Gasteiger charge is -2.09. The molecule has 2 heteroatoms. The van der Waals surface area contributed by atoms with E-state index in [1.54, 1.807) is 0 Å². The Balaban J connectivity index is 2.63. The van der Waals surface area contributed by atoms with Crippen molar-refractivity contribution in [2.24, 2.45) is 5.92 Å². The summed E-state index contributed by atoms with van der Waals surface area (Å²) < 4.78 is 0. The van der Waals surface area contributed by atoms with Gasteiger partial charge in [-0.1, -0.05) is 49.4 Å². The van der Waals surface area contributed by atoms with E-state index in [0.717, 1.165) is 25.7 Å². The molecule has 0 aliphatic heterocycles. The van der Waals surface area contributed by atoms with E-state index in [9.17, 15) is 4.79 Å². The van der Waals surface area contributed by atoms with Gasteiger partial charge in [-0.05, 0) is 30.7 Å². The number of aryl methyl sites for hydroxylation is 1. The van der Waals surface area contributed by atoms with Crippen LogP contribution in [0.1, 0.15) is 38.7 Å². The molecular formula is C16H24OSi. The number of allylic oxidation sites excluding steroid dienone is 1. The molecule has 0 saturated heterocycles. The molecular weight excluding hydrogens is 236 g/mol. The first-order valence-corrected chi connectivity index (χ1v) is 8.24. The van der Waals surface area contributed by atoms with Gasteiger partial charge in [-0.2, -0.15) is 0 Å². The predicted octanol–water partition coefficient (Wildman–Crippen LogP) is 2.56. The molecule has 0 aromatic heterocycles. The zero-order valence-corrected chi connectivity index (χ0v) is 13.0. The van der Waals surface area contributed by atoms with Crippen LogP contribution in [0.25, 0.3) is 0 Å². The van der Waals surface area contributed by atoms with Crippen molar-refractivity contribution in [1.29, 1.82) is 0 Å². The summed E-state index contributed by atoms with van der Waals surface area (Å²) in [6.45, 7) is 7.98. The van der Waals surface area contributed by atoms with Gasteiger partial charge in [-0.25, -0.2) is 0 Å². The van der Waals surface area contributed by atoms with Gasteiger partial charge in [-0.3, -0.25) is 0 Å². The topological polar surface area (TPSA) is 17.1 Å². The summed E-state index contributed by atoms with van der Waals surface area (Å²) in [7, 11) is -0.758. The minimum Gasteiger partial charge on any atom is -0.306 e. The highest BCUT2D eigenvalue weighted by Crippen LogP contribution is 2.04. The maximum absolute atomic E-state index is 12.0. The maximum Gasteiger partial charge on any atom is 0.133 e. The molecule has 0 fully saturated rings. The van der Waals surface area contributed by atoms with Crippen molar-refractivity contribution in [2.75, 3.05) is 0 Å². The third kappa shape index (κ3) is 5.45. The van der Waals surface area contributed by atoms with Crippen molar-refractivity contribution < 1.29 is 4.79 Å². The standard InChI is InChI=1S/C16H24OSi/c1-4-5-6-9-14-10-7-8-11-15(14)18-16(17)12-13(2)3/h4,7-8,10-11,13H,1,5-6,9,12,18H2,2-3H3. The molecule has 1 nitrogen and oxygen atoms in total. The van der Waals surface area contributed by atoms with Gasteiger partial charge < -0.3 is 4.79 Å². The minimum atomic E-state index is -0.758. The molecule has 0 radical (unpaired) electrons. The van der Waals surface area contributed by atoms with Crippen LogP contribution in [0, 0.1) is 5.92 Å². The van der Waals surface area contributed by atoms with Crippen LogP contribution in [-0.4, -0.2) is 14.9 Å². The Morgan fingerprint density at radius 1 is 1.39 bits per heavy atom. The van der Waals surface area contributed by atoms with E-state index in [1.807, 2.05) is 6.08 Å². The number of rotatable bonds is 8. The van der Waals surface area contributed by atoms with Gasteiger partial charge >= 0.3 is 0 Å². The second kappa shape index (κ2) is 8.04. The van der Waals surface area contributed by atoms with E-state index < -0.39 is 9.52 Å². The van der Waals surface area contributed by atoms with Gasteiger partial charge in [0.2, 0.25) is 0 Å². The van der Waals surface area contributed by atoms with E-state index in [1.165, 1.54) is 10.8 Å². The Labute approximate surface area is 113 Å². The first-order chi connectivity index (χ1) is 8.63. The largest absolute Gasteiger partial charge is 0.306 e. The average Bonchev–Trinajstić information content (AvgIpc) is 2.30. The Morgan fingerprint density at radius 3 is 2.78 bits per heavy atom. The minimum absolute atomic E-state index is 0.484. The molecule has 1 rings (SSSR count). The van der Waals surface area contributed by atoms with Gasteiger partial charge in [0.15, 0.2) is 0 Å². The van der Waals surface area contributed by atoms with Crippen LogP contribution in [0.15, 0.2) is 36.9 Å². The van der Waals surface area contributed by atoms with Crippen molar-refractivity contribution in [1.82, 2.24) is 0 Å². The monoisotopic (exact) mass is 260 g/mol. The van der Waals surface area contributed by atoms with Crippen molar-refractivity contribution in [3.8, 4) is 0 Å². The average molecular weight is 260 g/mol. The Bertz CT molecular complexity index is 396. The van der Waals surface area contributed by atoms with E-state index in [2.05, 4.69) is 44.7 Å². The Kier molecular flexibility index (Phi) is 6.66. The summed E-state index contributed by atoms with van der Waals surface area (Å²) in [5.74, 6) is 0.484. The fourth-order valence-electron chi connectivity index (χ4n) is 2.15. The molecule has 0 saturated carbocycles. The van der Waals surface area contributed by atoms with Gasteiger partial charge in [0.1, 0.15) is 14.9 Å². The van der Waals surface area contributed by atoms with E-state index in [0.29, 0.717) is 11.3 Å². The smallest absolute Gasteiger partial charge is 0.133 e. The summed E-state index contributed by atoms with van der Waals surface area (Å²) in [5, 5.41) is 1.83. The van der Waals surface area contributed by atoms with Crippen LogP contribution in [0.4, 0.5) is 0 Å². The van der Waals surface area contributed by atoms with Crippen LogP contribution in [0.5, 0.6) is 0 Å². The first kappa shape index (κ1) is 14.9. The Hall–Kier alpha value is -1.15. The fourth-order valence-corrected chi connectivity index (χ4v) is 4.07. The lowest BCUT2D eigenvalue weighted by molar-refractivity contribution is -0.112. The van der Waals surface area contributed by atoms with Crippen LogP contribution < -0.4 is 5.19 Å². The van der Waals surface area contributed by atoms with Crippen molar-refractivity contribution in [3.63, 3.8) is 0 Å². The highest BCUT2D eigenvalue weighted by molar-refractivity contribution is 6.84. The van der Waals surface area contributed by atoms with Crippen LogP contribution in [0.2, 0.25) is 0 Å². The molecule has 0 spiro atoms. The van der Waals surface area contributed by atoms with Gasteiger partial charge in [0.25, 0.3) is 0 Å². The molecule has 1 aromatic carbocycles. The Morgan fingerprint density at radius 2 is 2.11 bits per heavy atom. The lowest BCUT2D eigenvalue weighted by atomic mass is 10.1. The molecule has 0 aliphatic carbocycles. The van der Waals surface area contributed by atoms with E-state index in [4.69, 9.17) is 0 Å². The normalized spacial score (nSPS) is 11.3. The summed E-state index contributed by atoms with van der Waals surface area (Å²) in [5.41, 5.74) is 1.38. The fraction of sp³-hybridized carbons (Fsp3) is 0.438. The van der Waals surface area contributed by atoms with Crippen LogP contribution in [-0.2, 0) is 11.2 Å². The molecule has 0 N–H and O–H groups in total. The molecule has 98 valence electrons. The number of hydrogen-bond donors (Lipinski definition) is 0. The van der Waals surface area contributed by atoms with Crippen LogP contribution >= 0.6 is 0 Å². The number of benzene rings is 1. The van der Waals surface area contributed by atoms with Gasteiger partial charge in [-0.15, -0.1) is 6.58 Å². The third-order valence-corrected chi connectivity index (χ3v) is 4.75. The summed E-state index contributed by atoms with van der Waals surface area (Å²) in [6.07, 6.45) is 5.96. The molecule has 0 aliphatic rings. The molecule has 0 amide bonds. The molecule has 0 unspecified atom stereocenters. The summed E-state index contributed by atoms with van der Waals surface area (Å²) in [6, 6.07) is 8.46. The van der Waals surface area contributed by atoms with E-state index >= 15 is 0 Å². The second-order valence-corrected chi connectivity index (χ2v) is 7.17. The van der Waals surface area contributed by atoms with E-state index in [-0.39, 0.29) is 0 Å². The molecule has 0 bridgehead atoms. The number of unbranched alkanes of at least 4 members (excludes halogenated alkanes) is 1. The van der Waals surface area contributed by atoms with Gasteiger partial charge in [0, 0.05) is 6.42 Å². The predicted molar refractivity (Wildman–Crippen MR) is 82.2 cm³/mol. The van der Waals surface area contributed by atoms with Crippen molar-refractivity contribution in [3.05, 3.63) is 42.5 Å².